The van der Waals surface area contributed by atoms with Crippen molar-refractivity contribution in [3.63, 3.8) is 0 Å². The summed E-state index contributed by atoms with van der Waals surface area (Å²) in [4.78, 5) is 23.7. The van der Waals surface area contributed by atoms with Crippen LogP contribution in [0.25, 0.3) is 0 Å². The van der Waals surface area contributed by atoms with Crippen molar-refractivity contribution in [1.29, 1.82) is 0 Å². The fourth-order valence-corrected chi connectivity index (χ4v) is 2.54. The first-order chi connectivity index (χ1) is 11.5. The van der Waals surface area contributed by atoms with Crippen molar-refractivity contribution >= 4 is 34.8 Å². The Morgan fingerprint density at radius 3 is 2.21 bits per heavy atom. The number of aryl methyl sites for hydroxylation is 1. The highest BCUT2D eigenvalue weighted by Crippen LogP contribution is 2.24. The molecule has 0 saturated carbocycles. The van der Waals surface area contributed by atoms with Crippen LogP contribution in [0.2, 0.25) is 5.02 Å². The van der Waals surface area contributed by atoms with E-state index in [1.807, 2.05) is 49.4 Å². The van der Waals surface area contributed by atoms with Crippen LogP contribution in [0.4, 0.5) is 11.4 Å². The van der Waals surface area contributed by atoms with E-state index in [4.69, 9.17) is 11.6 Å². The number of nitrogens with one attached hydrogen (secondary N) is 2. The number of amides is 2. The Bertz CT molecular complexity index is 744. The first-order valence-electron chi connectivity index (χ1n) is 7.94. The number of hydrogen-bond acceptors (Lipinski definition) is 2. The maximum Gasteiger partial charge on any atom is 0.224 e. The number of anilines is 2. The number of carbonyl (C=O) groups excluding carboxylic acids is 2. The zero-order chi connectivity index (χ0) is 17.5. The monoisotopic (exact) mass is 344 g/mol. The van der Waals surface area contributed by atoms with Crippen LogP contribution in [-0.2, 0) is 16.0 Å². The van der Waals surface area contributed by atoms with Crippen molar-refractivity contribution in [3.05, 3.63) is 58.6 Å². The normalized spacial score (nSPS) is 10.3. The quantitative estimate of drug-likeness (QED) is 0.806. The van der Waals surface area contributed by atoms with Gasteiger partial charge in [0, 0.05) is 29.2 Å². The van der Waals surface area contributed by atoms with Gasteiger partial charge in [-0.3, -0.25) is 9.59 Å². The van der Waals surface area contributed by atoms with Gasteiger partial charge in [0.15, 0.2) is 0 Å². The van der Waals surface area contributed by atoms with E-state index in [9.17, 15) is 9.59 Å². The molecule has 2 aromatic carbocycles. The lowest BCUT2D eigenvalue weighted by Gasteiger charge is -2.13. The lowest BCUT2D eigenvalue weighted by molar-refractivity contribution is -0.116. The molecule has 126 valence electrons. The molecule has 4 nitrogen and oxygen atoms in total. The number of rotatable bonds is 6. The summed E-state index contributed by atoms with van der Waals surface area (Å²) < 4.78 is 0. The second-order valence-electron chi connectivity index (χ2n) is 5.52. The predicted molar refractivity (Wildman–Crippen MR) is 98.5 cm³/mol. The Kier molecular flexibility index (Phi) is 6.38. The van der Waals surface area contributed by atoms with Crippen LogP contribution in [0.1, 0.15) is 30.9 Å². The number of carbonyl (C=O) groups is 2. The highest BCUT2D eigenvalue weighted by molar-refractivity contribution is 6.31. The van der Waals surface area contributed by atoms with Crippen molar-refractivity contribution in [2.45, 2.75) is 33.1 Å². The molecule has 0 unspecified atom stereocenters. The van der Waals surface area contributed by atoms with Crippen molar-refractivity contribution in [2.24, 2.45) is 0 Å². The van der Waals surface area contributed by atoms with Crippen LogP contribution < -0.4 is 10.6 Å². The molecule has 0 atom stereocenters. The molecule has 0 aliphatic rings. The van der Waals surface area contributed by atoms with E-state index in [1.165, 1.54) is 0 Å². The van der Waals surface area contributed by atoms with E-state index in [0.717, 1.165) is 11.1 Å². The van der Waals surface area contributed by atoms with Crippen molar-refractivity contribution < 1.29 is 9.59 Å². The van der Waals surface area contributed by atoms with Gasteiger partial charge in [-0.1, -0.05) is 42.8 Å². The molecule has 0 bridgehead atoms. The number of benzene rings is 2. The Hall–Kier alpha value is -2.33. The maximum atomic E-state index is 12.2. The average Bonchev–Trinajstić information content (AvgIpc) is 2.57. The van der Waals surface area contributed by atoms with Gasteiger partial charge in [-0.2, -0.15) is 0 Å². The average molecular weight is 345 g/mol. The molecule has 0 fully saturated rings. The standard InChI is InChI=1S/C19H21ClN2O2/c1-3-18(23)21-16-9-6-10-17(13(16)2)22-19(24)12-11-14-7-4-5-8-15(14)20/h4-10H,3,11-12H2,1-2H3,(H,21,23)(H,22,24). The van der Waals surface area contributed by atoms with Gasteiger partial charge >= 0.3 is 0 Å². The molecule has 2 amide bonds. The molecule has 2 aromatic rings. The van der Waals surface area contributed by atoms with Gasteiger partial charge in [0.05, 0.1) is 0 Å². The lowest BCUT2D eigenvalue weighted by atomic mass is 10.1. The molecule has 0 spiro atoms. The molecular weight excluding hydrogens is 324 g/mol. The summed E-state index contributed by atoms with van der Waals surface area (Å²) >= 11 is 6.10. The van der Waals surface area contributed by atoms with Crippen LogP contribution in [0.15, 0.2) is 42.5 Å². The summed E-state index contributed by atoms with van der Waals surface area (Å²) in [7, 11) is 0. The minimum Gasteiger partial charge on any atom is -0.326 e. The molecule has 0 aliphatic heterocycles. The molecule has 0 aliphatic carbocycles. The molecule has 2 N–H and O–H groups in total. The van der Waals surface area contributed by atoms with E-state index in [1.54, 1.807) is 6.92 Å². The Balaban J connectivity index is 2.00. The van der Waals surface area contributed by atoms with Gasteiger partial charge in [-0.05, 0) is 42.7 Å². The molecule has 5 heteroatoms. The highest BCUT2D eigenvalue weighted by atomic mass is 35.5. The smallest absolute Gasteiger partial charge is 0.224 e. The maximum absolute atomic E-state index is 12.2. The summed E-state index contributed by atoms with van der Waals surface area (Å²) in [5, 5.41) is 6.40. The zero-order valence-electron chi connectivity index (χ0n) is 13.9. The van der Waals surface area contributed by atoms with E-state index in [0.29, 0.717) is 35.7 Å². The molecule has 0 saturated heterocycles. The second-order valence-corrected chi connectivity index (χ2v) is 5.93. The molecule has 24 heavy (non-hydrogen) atoms. The van der Waals surface area contributed by atoms with Crippen LogP contribution in [-0.4, -0.2) is 11.8 Å². The van der Waals surface area contributed by atoms with Crippen LogP contribution >= 0.6 is 11.6 Å². The first-order valence-corrected chi connectivity index (χ1v) is 8.31. The largest absolute Gasteiger partial charge is 0.326 e. The van der Waals surface area contributed by atoms with Crippen molar-refractivity contribution in [2.75, 3.05) is 10.6 Å². The minimum atomic E-state index is -0.0861. The summed E-state index contributed by atoms with van der Waals surface area (Å²) in [6.45, 7) is 3.67. The molecular formula is C19H21ClN2O2. The zero-order valence-corrected chi connectivity index (χ0v) is 14.6. The van der Waals surface area contributed by atoms with E-state index < -0.39 is 0 Å². The Morgan fingerprint density at radius 2 is 1.58 bits per heavy atom. The van der Waals surface area contributed by atoms with Gasteiger partial charge in [0.2, 0.25) is 11.8 Å². The third kappa shape index (κ3) is 4.83. The highest BCUT2D eigenvalue weighted by Gasteiger charge is 2.10. The third-order valence-corrected chi connectivity index (χ3v) is 4.15. The van der Waals surface area contributed by atoms with Gasteiger partial charge in [-0.25, -0.2) is 0 Å². The van der Waals surface area contributed by atoms with E-state index in [2.05, 4.69) is 10.6 Å². The number of hydrogen-bond donors (Lipinski definition) is 2. The summed E-state index contributed by atoms with van der Waals surface area (Å²) in [5.74, 6) is -0.141. The SMILES string of the molecule is CCC(=O)Nc1cccc(NC(=O)CCc2ccccc2Cl)c1C. The number of halogens is 1. The summed E-state index contributed by atoms with van der Waals surface area (Å²) in [6, 6.07) is 13.0. The molecule has 2 rings (SSSR count). The predicted octanol–water partition coefficient (Wildman–Crippen LogP) is 4.57. The third-order valence-electron chi connectivity index (χ3n) is 3.78. The van der Waals surface area contributed by atoms with Crippen LogP contribution in [0, 0.1) is 6.92 Å². The summed E-state index contributed by atoms with van der Waals surface area (Å²) in [6.07, 6.45) is 1.33. The lowest BCUT2D eigenvalue weighted by Crippen LogP contribution is -2.15. The molecule has 0 radical (unpaired) electrons. The topological polar surface area (TPSA) is 58.2 Å². The fourth-order valence-electron chi connectivity index (χ4n) is 2.31. The van der Waals surface area contributed by atoms with Gasteiger partial charge in [-0.15, -0.1) is 0 Å². The van der Waals surface area contributed by atoms with E-state index in [-0.39, 0.29) is 11.8 Å². The van der Waals surface area contributed by atoms with Crippen molar-refractivity contribution in [1.82, 2.24) is 0 Å². The van der Waals surface area contributed by atoms with Crippen molar-refractivity contribution in [3.8, 4) is 0 Å². The first kappa shape index (κ1) is 18.0. The second kappa shape index (κ2) is 8.50. The van der Waals surface area contributed by atoms with Crippen LogP contribution in [0.3, 0.4) is 0 Å². The summed E-state index contributed by atoms with van der Waals surface area (Å²) in [5.41, 5.74) is 3.21. The Labute approximate surface area is 147 Å². The fraction of sp³-hybridized carbons (Fsp3) is 0.263. The Morgan fingerprint density at radius 1 is 0.958 bits per heavy atom. The molecule has 0 heterocycles. The minimum absolute atomic E-state index is 0.0553. The van der Waals surface area contributed by atoms with Gasteiger partial charge in [0.25, 0.3) is 0 Å². The van der Waals surface area contributed by atoms with Crippen LogP contribution in [0.5, 0.6) is 0 Å². The van der Waals surface area contributed by atoms with Gasteiger partial charge < -0.3 is 10.6 Å². The molecule has 0 aromatic heterocycles. The van der Waals surface area contributed by atoms with E-state index >= 15 is 0 Å². The van der Waals surface area contributed by atoms with Gasteiger partial charge in [0.1, 0.15) is 0 Å².